The Balaban J connectivity index is 2.00. The standard InChI is InChI=1S/C10H14N4O2S/c1-2-11-8(15)5-7-6-17-10(13-7)14-4-3-12-9(14)16/h6H,2-5H2,1H3,(H,11,15)(H,12,16). The first-order valence-electron chi connectivity index (χ1n) is 5.47. The van der Waals surface area contributed by atoms with Gasteiger partial charge in [-0.3, -0.25) is 9.69 Å². The van der Waals surface area contributed by atoms with Crippen molar-refractivity contribution in [2.75, 3.05) is 24.5 Å². The zero-order valence-corrected chi connectivity index (χ0v) is 10.3. The van der Waals surface area contributed by atoms with E-state index in [0.717, 1.165) is 0 Å². The van der Waals surface area contributed by atoms with E-state index in [2.05, 4.69) is 15.6 Å². The minimum absolute atomic E-state index is 0.0461. The molecule has 1 aromatic heterocycles. The fourth-order valence-corrected chi connectivity index (χ4v) is 2.43. The van der Waals surface area contributed by atoms with Gasteiger partial charge in [0.2, 0.25) is 5.91 Å². The predicted octanol–water partition coefficient (Wildman–Crippen LogP) is 0.351. The van der Waals surface area contributed by atoms with Crippen molar-refractivity contribution in [2.24, 2.45) is 0 Å². The molecule has 0 bridgehead atoms. The summed E-state index contributed by atoms with van der Waals surface area (Å²) >= 11 is 1.38. The highest BCUT2D eigenvalue weighted by Gasteiger charge is 2.23. The van der Waals surface area contributed by atoms with Crippen LogP contribution in [-0.2, 0) is 11.2 Å². The first-order valence-corrected chi connectivity index (χ1v) is 6.35. The molecule has 2 heterocycles. The Bertz CT molecular complexity index is 432. The van der Waals surface area contributed by atoms with E-state index in [4.69, 9.17) is 0 Å². The van der Waals surface area contributed by atoms with Crippen molar-refractivity contribution in [1.82, 2.24) is 15.6 Å². The van der Waals surface area contributed by atoms with Gasteiger partial charge in [0.05, 0.1) is 12.1 Å². The number of carbonyl (C=O) groups is 2. The third kappa shape index (κ3) is 2.73. The molecule has 1 fully saturated rings. The first kappa shape index (κ1) is 11.8. The van der Waals surface area contributed by atoms with Crippen molar-refractivity contribution in [3.8, 4) is 0 Å². The Morgan fingerprint density at radius 2 is 2.53 bits per heavy atom. The summed E-state index contributed by atoms with van der Waals surface area (Å²) in [6.45, 7) is 3.76. The van der Waals surface area contributed by atoms with Crippen LogP contribution < -0.4 is 15.5 Å². The average Bonchev–Trinajstić information content (AvgIpc) is 2.87. The molecule has 2 rings (SSSR count). The minimum Gasteiger partial charge on any atom is -0.356 e. The second-order valence-corrected chi connectivity index (χ2v) is 4.47. The van der Waals surface area contributed by atoms with E-state index in [9.17, 15) is 9.59 Å². The molecule has 0 radical (unpaired) electrons. The van der Waals surface area contributed by atoms with Crippen LogP contribution in [0.15, 0.2) is 5.38 Å². The number of amides is 3. The summed E-state index contributed by atoms with van der Waals surface area (Å²) in [7, 11) is 0. The number of nitrogens with zero attached hydrogens (tertiary/aromatic N) is 2. The molecule has 0 aliphatic carbocycles. The number of rotatable bonds is 4. The summed E-state index contributed by atoms with van der Waals surface area (Å²) in [5.74, 6) is -0.0461. The number of aromatic nitrogens is 1. The summed E-state index contributed by atoms with van der Waals surface area (Å²) < 4.78 is 0. The lowest BCUT2D eigenvalue weighted by atomic mass is 10.3. The Morgan fingerprint density at radius 3 is 3.18 bits per heavy atom. The van der Waals surface area contributed by atoms with Gasteiger partial charge in [-0.05, 0) is 6.92 Å². The molecule has 17 heavy (non-hydrogen) atoms. The van der Waals surface area contributed by atoms with Gasteiger partial charge < -0.3 is 10.6 Å². The highest BCUT2D eigenvalue weighted by atomic mass is 32.1. The van der Waals surface area contributed by atoms with E-state index in [1.165, 1.54) is 11.3 Å². The number of nitrogens with one attached hydrogen (secondary N) is 2. The summed E-state index contributed by atoms with van der Waals surface area (Å²) in [5, 5.41) is 7.89. The summed E-state index contributed by atoms with van der Waals surface area (Å²) in [6, 6.07) is -0.121. The maximum absolute atomic E-state index is 11.4. The molecule has 1 aliphatic heterocycles. The van der Waals surface area contributed by atoms with Gasteiger partial charge in [0, 0.05) is 25.0 Å². The molecule has 0 aromatic carbocycles. The molecule has 1 saturated heterocycles. The molecule has 1 aliphatic rings. The van der Waals surface area contributed by atoms with Crippen LogP contribution in [0, 0.1) is 0 Å². The van der Waals surface area contributed by atoms with Gasteiger partial charge in [-0.15, -0.1) is 11.3 Å². The number of anilines is 1. The number of urea groups is 1. The zero-order chi connectivity index (χ0) is 12.3. The summed E-state index contributed by atoms with van der Waals surface area (Å²) in [5.41, 5.74) is 0.704. The average molecular weight is 254 g/mol. The molecular weight excluding hydrogens is 240 g/mol. The Morgan fingerprint density at radius 1 is 1.71 bits per heavy atom. The van der Waals surface area contributed by atoms with E-state index in [1.807, 2.05) is 12.3 Å². The molecule has 0 saturated carbocycles. The maximum atomic E-state index is 11.4. The van der Waals surface area contributed by atoms with Crippen LogP contribution >= 0.6 is 11.3 Å². The molecular formula is C10H14N4O2S. The number of likely N-dealkylation sites (N-methyl/N-ethyl adjacent to an activating group) is 1. The van der Waals surface area contributed by atoms with Crippen LogP contribution in [0.25, 0.3) is 0 Å². The third-order valence-electron chi connectivity index (χ3n) is 2.34. The van der Waals surface area contributed by atoms with Crippen LogP contribution in [0.5, 0.6) is 0 Å². The zero-order valence-electron chi connectivity index (χ0n) is 9.52. The minimum atomic E-state index is -0.121. The molecule has 0 unspecified atom stereocenters. The van der Waals surface area contributed by atoms with Gasteiger partial charge in [-0.25, -0.2) is 9.78 Å². The largest absolute Gasteiger partial charge is 0.356 e. The van der Waals surface area contributed by atoms with Crippen molar-refractivity contribution in [3.05, 3.63) is 11.1 Å². The highest BCUT2D eigenvalue weighted by Crippen LogP contribution is 2.22. The molecule has 92 valence electrons. The van der Waals surface area contributed by atoms with Crippen molar-refractivity contribution in [3.63, 3.8) is 0 Å². The van der Waals surface area contributed by atoms with E-state index < -0.39 is 0 Å². The Hall–Kier alpha value is -1.63. The fraction of sp³-hybridized carbons (Fsp3) is 0.500. The number of hydrogen-bond donors (Lipinski definition) is 2. The van der Waals surface area contributed by atoms with Gasteiger partial charge in [0.15, 0.2) is 5.13 Å². The molecule has 0 atom stereocenters. The first-order chi connectivity index (χ1) is 8.20. The van der Waals surface area contributed by atoms with Crippen molar-refractivity contribution < 1.29 is 9.59 Å². The van der Waals surface area contributed by atoms with E-state index >= 15 is 0 Å². The maximum Gasteiger partial charge on any atom is 0.323 e. The lowest BCUT2D eigenvalue weighted by Gasteiger charge is -2.08. The molecule has 3 amide bonds. The predicted molar refractivity (Wildman–Crippen MR) is 65.2 cm³/mol. The third-order valence-corrected chi connectivity index (χ3v) is 3.26. The van der Waals surface area contributed by atoms with E-state index in [-0.39, 0.29) is 18.4 Å². The second-order valence-electron chi connectivity index (χ2n) is 3.64. The Labute approximate surface area is 103 Å². The number of thiazole rings is 1. The van der Waals surface area contributed by atoms with Gasteiger partial charge in [-0.2, -0.15) is 0 Å². The molecule has 7 heteroatoms. The smallest absolute Gasteiger partial charge is 0.323 e. The monoisotopic (exact) mass is 254 g/mol. The molecule has 6 nitrogen and oxygen atoms in total. The lowest BCUT2D eigenvalue weighted by Crippen LogP contribution is -2.27. The van der Waals surface area contributed by atoms with Gasteiger partial charge in [0.25, 0.3) is 0 Å². The molecule has 1 aromatic rings. The van der Waals surface area contributed by atoms with Crippen LogP contribution in [0.4, 0.5) is 9.93 Å². The van der Waals surface area contributed by atoms with Crippen LogP contribution in [0.1, 0.15) is 12.6 Å². The topological polar surface area (TPSA) is 74.3 Å². The lowest BCUT2D eigenvalue weighted by molar-refractivity contribution is -0.120. The normalized spacial score (nSPS) is 14.9. The van der Waals surface area contributed by atoms with Crippen LogP contribution in [-0.4, -0.2) is 36.6 Å². The fourth-order valence-electron chi connectivity index (χ4n) is 1.58. The highest BCUT2D eigenvalue weighted by molar-refractivity contribution is 7.14. The second kappa shape index (κ2) is 5.13. The molecule has 0 spiro atoms. The number of hydrogen-bond acceptors (Lipinski definition) is 4. The van der Waals surface area contributed by atoms with E-state index in [1.54, 1.807) is 4.90 Å². The van der Waals surface area contributed by atoms with Crippen molar-refractivity contribution >= 4 is 28.4 Å². The quantitative estimate of drug-likeness (QED) is 0.814. The van der Waals surface area contributed by atoms with Crippen LogP contribution in [0.3, 0.4) is 0 Å². The van der Waals surface area contributed by atoms with Gasteiger partial charge >= 0.3 is 6.03 Å². The van der Waals surface area contributed by atoms with Crippen molar-refractivity contribution in [1.29, 1.82) is 0 Å². The van der Waals surface area contributed by atoms with Gasteiger partial charge in [-0.1, -0.05) is 0 Å². The van der Waals surface area contributed by atoms with E-state index in [0.29, 0.717) is 30.5 Å². The summed E-state index contributed by atoms with van der Waals surface area (Å²) in [6.07, 6.45) is 0.264. The van der Waals surface area contributed by atoms with Crippen molar-refractivity contribution in [2.45, 2.75) is 13.3 Å². The summed E-state index contributed by atoms with van der Waals surface area (Å²) in [4.78, 5) is 28.7. The molecule has 2 N–H and O–H groups in total. The SMILES string of the molecule is CCNC(=O)Cc1csc(N2CCNC2=O)n1. The van der Waals surface area contributed by atoms with Gasteiger partial charge in [0.1, 0.15) is 0 Å². The number of carbonyl (C=O) groups excluding carboxylic acids is 2. The van der Waals surface area contributed by atoms with Crippen LogP contribution in [0.2, 0.25) is 0 Å². The Kier molecular flexibility index (Phi) is 3.58.